The molecule has 3 aromatic rings. The van der Waals surface area contributed by atoms with Gasteiger partial charge in [0.05, 0.1) is 20.8 Å². The Bertz CT molecular complexity index is 1050. The van der Waals surface area contributed by atoms with Crippen LogP contribution in [-0.4, -0.2) is 20.8 Å². The molecule has 0 amide bonds. The molecule has 0 spiro atoms. The van der Waals surface area contributed by atoms with Gasteiger partial charge in [0, 0.05) is 28.1 Å². The zero-order valence-electron chi connectivity index (χ0n) is 18.7. The maximum absolute atomic E-state index is 6.40. The van der Waals surface area contributed by atoms with Crippen molar-refractivity contribution in [3.8, 4) is 11.5 Å². The fourth-order valence-electron chi connectivity index (χ4n) is 4.66. The minimum Gasteiger partial charge on any atom is -0.493 e. The van der Waals surface area contributed by atoms with E-state index in [0.717, 1.165) is 36.0 Å². The number of quaternary nitrogens is 1. The first kappa shape index (κ1) is 21.7. The summed E-state index contributed by atoms with van der Waals surface area (Å²) in [5.74, 6) is 2.11. The molecule has 1 N–H and O–H groups in total. The highest BCUT2D eigenvalue weighted by Crippen LogP contribution is 2.36. The zero-order valence-corrected chi connectivity index (χ0v) is 19.5. The summed E-state index contributed by atoms with van der Waals surface area (Å²) >= 11 is 6.40. The fraction of sp³-hybridized carbons (Fsp3) is 0.333. The average Bonchev–Trinajstić information content (AvgIpc) is 2.78. The topological polar surface area (TPSA) is 22.9 Å². The van der Waals surface area contributed by atoms with Crippen LogP contribution in [0.25, 0.3) is 0 Å². The van der Waals surface area contributed by atoms with Gasteiger partial charge in [0.2, 0.25) is 0 Å². The molecule has 162 valence electrons. The van der Waals surface area contributed by atoms with Crippen molar-refractivity contribution in [2.75, 3.05) is 20.8 Å². The van der Waals surface area contributed by atoms with E-state index in [9.17, 15) is 0 Å². The van der Waals surface area contributed by atoms with Crippen molar-refractivity contribution in [1.82, 2.24) is 0 Å². The third-order valence-electron chi connectivity index (χ3n) is 6.34. The Balaban J connectivity index is 1.75. The molecule has 0 aliphatic carbocycles. The van der Waals surface area contributed by atoms with Crippen LogP contribution in [0.15, 0.2) is 60.7 Å². The molecule has 3 nitrogen and oxygen atoms in total. The van der Waals surface area contributed by atoms with Crippen molar-refractivity contribution in [2.45, 2.75) is 38.8 Å². The van der Waals surface area contributed by atoms with Crippen LogP contribution in [0.5, 0.6) is 11.5 Å². The molecule has 0 fully saturated rings. The highest BCUT2D eigenvalue weighted by molar-refractivity contribution is 6.30. The van der Waals surface area contributed by atoms with Gasteiger partial charge < -0.3 is 14.4 Å². The Morgan fingerprint density at radius 2 is 1.68 bits per heavy atom. The van der Waals surface area contributed by atoms with E-state index < -0.39 is 0 Å². The molecule has 4 rings (SSSR count). The Morgan fingerprint density at radius 3 is 2.32 bits per heavy atom. The number of halogens is 1. The largest absolute Gasteiger partial charge is 0.493 e. The lowest BCUT2D eigenvalue weighted by Gasteiger charge is -2.35. The number of fused-ring (bicyclic) bond motifs is 1. The Labute approximate surface area is 190 Å². The van der Waals surface area contributed by atoms with Gasteiger partial charge in [-0.25, -0.2) is 0 Å². The van der Waals surface area contributed by atoms with E-state index in [-0.39, 0.29) is 6.04 Å². The fourth-order valence-corrected chi connectivity index (χ4v) is 4.85. The lowest BCUT2D eigenvalue weighted by atomic mass is 9.87. The molecule has 1 aliphatic heterocycles. The third kappa shape index (κ3) is 4.58. The van der Waals surface area contributed by atoms with Crippen LogP contribution in [0, 0.1) is 0 Å². The molecule has 3 aromatic carbocycles. The van der Waals surface area contributed by atoms with Gasteiger partial charge in [-0.05, 0) is 41.3 Å². The van der Waals surface area contributed by atoms with Crippen LogP contribution < -0.4 is 14.4 Å². The lowest BCUT2D eigenvalue weighted by molar-refractivity contribution is -0.941. The molecule has 1 unspecified atom stereocenters. The molecule has 1 heterocycles. The standard InChI is InChI=1S/C27H30ClNO2/c1-18(2)20-10-8-19(9-11-20)17-29-13-12-21-15-25(30-3)26(31-4)16-24(21)27(29)22-6-5-7-23(28)14-22/h5-11,14-16,18,27H,12-13,17H2,1-4H3/p+1/t27-/m0/s1. The van der Waals surface area contributed by atoms with Gasteiger partial charge in [0.15, 0.2) is 11.5 Å². The molecule has 0 bridgehead atoms. The molecule has 4 heteroatoms. The Morgan fingerprint density at radius 1 is 0.968 bits per heavy atom. The second kappa shape index (κ2) is 9.33. The summed E-state index contributed by atoms with van der Waals surface area (Å²) in [6.45, 7) is 6.48. The molecule has 1 aliphatic rings. The van der Waals surface area contributed by atoms with Crippen molar-refractivity contribution in [1.29, 1.82) is 0 Å². The van der Waals surface area contributed by atoms with E-state index in [1.165, 1.54) is 32.7 Å². The number of ether oxygens (including phenoxy) is 2. The van der Waals surface area contributed by atoms with Crippen molar-refractivity contribution in [3.05, 3.63) is 93.5 Å². The monoisotopic (exact) mass is 436 g/mol. The number of benzene rings is 3. The van der Waals surface area contributed by atoms with E-state index >= 15 is 0 Å². The summed E-state index contributed by atoms with van der Waals surface area (Å²) < 4.78 is 11.2. The second-order valence-electron chi connectivity index (χ2n) is 8.63. The molecule has 0 aromatic heterocycles. The number of nitrogens with one attached hydrogen (secondary N) is 1. The van der Waals surface area contributed by atoms with Crippen LogP contribution in [0.4, 0.5) is 0 Å². The molecule has 0 saturated carbocycles. The molecular weight excluding hydrogens is 406 g/mol. The summed E-state index contributed by atoms with van der Waals surface area (Å²) in [6, 6.07) is 21.8. The minimum atomic E-state index is 0.187. The third-order valence-corrected chi connectivity index (χ3v) is 6.57. The van der Waals surface area contributed by atoms with Crippen molar-refractivity contribution in [2.24, 2.45) is 0 Å². The highest BCUT2D eigenvalue weighted by atomic mass is 35.5. The van der Waals surface area contributed by atoms with E-state index in [1.54, 1.807) is 14.2 Å². The highest BCUT2D eigenvalue weighted by Gasteiger charge is 2.34. The summed E-state index contributed by atoms with van der Waals surface area (Å²) in [5.41, 5.74) is 6.58. The predicted molar refractivity (Wildman–Crippen MR) is 127 cm³/mol. The molecule has 31 heavy (non-hydrogen) atoms. The maximum atomic E-state index is 6.40. The number of rotatable bonds is 6. The zero-order chi connectivity index (χ0) is 22.0. The summed E-state index contributed by atoms with van der Waals surface area (Å²) in [7, 11) is 3.39. The Kier molecular flexibility index (Phi) is 6.54. The maximum Gasteiger partial charge on any atom is 0.161 e. The normalized spacial score (nSPS) is 18.0. The summed E-state index contributed by atoms with van der Waals surface area (Å²) in [4.78, 5) is 1.51. The van der Waals surface area contributed by atoms with E-state index in [4.69, 9.17) is 21.1 Å². The van der Waals surface area contributed by atoms with Gasteiger partial charge in [0.25, 0.3) is 0 Å². The van der Waals surface area contributed by atoms with Crippen molar-refractivity contribution < 1.29 is 14.4 Å². The van der Waals surface area contributed by atoms with Gasteiger partial charge in [-0.1, -0.05) is 61.8 Å². The summed E-state index contributed by atoms with van der Waals surface area (Å²) in [5, 5.41) is 0.769. The van der Waals surface area contributed by atoms with E-state index in [1.807, 2.05) is 12.1 Å². The van der Waals surface area contributed by atoms with Crippen LogP contribution in [0.1, 0.15) is 53.6 Å². The van der Waals surface area contributed by atoms with Gasteiger partial charge in [-0.3, -0.25) is 0 Å². The quantitative estimate of drug-likeness (QED) is 0.573. The minimum absolute atomic E-state index is 0.187. The molecule has 2 atom stereocenters. The van der Waals surface area contributed by atoms with Gasteiger partial charge in [-0.2, -0.15) is 0 Å². The first-order valence-electron chi connectivity index (χ1n) is 10.9. The average molecular weight is 437 g/mol. The predicted octanol–water partition coefficient (Wildman–Crippen LogP) is 5.21. The lowest BCUT2D eigenvalue weighted by Crippen LogP contribution is -3.12. The molecule has 0 saturated heterocycles. The van der Waals surface area contributed by atoms with Gasteiger partial charge >= 0.3 is 0 Å². The van der Waals surface area contributed by atoms with Crippen LogP contribution in [0.3, 0.4) is 0 Å². The summed E-state index contributed by atoms with van der Waals surface area (Å²) in [6.07, 6.45) is 1.01. The number of hydrogen-bond donors (Lipinski definition) is 1. The smallest absolute Gasteiger partial charge is 0.161 e. The van der Waals surface area contributed by atoms with Crippen LogP contribution in [0.2, 0.25) is 5.02 Å². The van der Waals surface area contributed by atoms with E-state index in [0.29, 0.717) is 5.92 Å². The number of methoxy groups -OCH3 is 2. The van der Waals surface area contributed by atoms with Crippen molar-refractivity contribution >= 4 is 11.6 Å². The van der Waals surface area contributed by atoms with Crippen LogP contribution in [-0.2, 0) is 13.0 Å². The number of hydrogen-bond acceptors (Lipinski definition) is 2. The Hall–Kier alpha value is -2.49. The van der Waals surface area contributed by atoms with Crippen molar-refractivity contribution in [3.63, 3.8) is 0 Å². The second-order valence-corrected chi connectivity index (χ2v) is 9.06. The first-order valence-corrected chi connectivity index (χ1v) is 11.3. The van der Waals surface area contributed by atoms with E-state index in [2.05, 4.69) is 62.4 Å². The molecule has 0 radical (unpaired) electrons. The molecular formula is C27H31ClNO2+. The first-order chi connectivity index (χ1) is 15.0. The SMILES string of the molecule is COc1cc2c(cc1OC)[C@H](c1cccc(Cl)c1)[NH+](Cc1ccc(C(C)C)cc1)CC2. The van der Waals surface area contributed by atoms with Gasteiger partial charge in [-0.15, -0.1) is 0 Å². The van der Waals surface area contributed by atoms with Gasteiger partial charge in [0.1, 0.15) is 12.6 Å². The van der Waals surface area contributed by atoms with Crippen LogP contribution >= 0.6 is 11.6 Å².